The molecule has 1 saturated heterocycles. The Morgan fingerprint density at radius 2 is 1.91 bits per heavy atom. The van der Waals surface area contributed by atoms with Gasteiger partial charge < -0.3 is 9.84 Å². The largest absolute Gasteiger partial charge is 0.480 e. The number of carboxylic acid groups (broad SMARTS) is 1. The number of carbonyl (C=O) groups excluding carboxylic acids is 1. The van der Waals surface area contributed by atoms with Crippen LogP contribution in [0.1, 0.15) is 27.2 Å². The summed E-state index contributed by atoms with van der Waals surface area (Å²) in [4.78, 5) is 26.0. The number of nitrogens with zero attached hydrogens (tertiary/aromatic N) is 1. The third-order valence-electron chi connectivity index (χ3n) is 3.22. The number of aliphatic carboxylic acids is 1. The first kappa shape index (κ1) is 16.7. The fourth-order valence-electron chi connectivity index (χ4n) is 2.33. The molecule has 1 aromatic rings. The average Bonchev–Trinajstić information content (AvgIpc) is 2.82. The maximum absolute atomic E-state index is 12.2. The molecule has 1 aliphatic heterocycles. The van der Waals surface area contributed by atoms with E-state index in [-0.39, 0.29) is 5.25 Å². The fourth-order valence-corrected chi connectivity index (χ4v) is 3.54. The minimum atomic E-state index is -0.984. The summed E-state index contributed by atoms with van der Waals surface area (Å²) in [5.41, 5.74) is -0.634. The summed E-state index contributed by atoms with van der Waals surface area (Å²) in [6.45, 7) is 5.69. The van der Waals surface area contributed by atoms with E-state index in [1.807, 2.05) is 30.3 Å². The molecule has 0 saturated carbocycles. The number of hydrogen-bond donors (Lipinski definition) is 1. The first-order chi connectivity index (χ1) is 10.3. The number of amides is 1. The van der Waals surface area contributed by atoms with E-state index in [0.29, 0.717) is 13.0 Å². The van der Waals surface area contributed by atoms with Gasteiger partial charge in [-0.25, -0.2) is 9.59 Å². The van der Waals surface area contributed by atoms with Gasteiger partial charge in [0.2, 0.25) is 0 Å². The summed E-state index contributed by atoms with van der Waals surface area (Å²) in [6.07, 6.45) is -0.134. The van der Waals surface area contributed by atoms with Crippen LogP contribution in [0.25, 0.3) is 0 Å². The van der Waals surface area contributed by atoms with Crippen molar-refractivity contribution in [3.8, 4) is 0 Å². The summed E-state index contributed by atoms with van der Waals surface area (Å²) in [6, 6.07) is 8.96. The lowest BCUT2D eigenvalue weighted by molar-refractivity contribution is -0.142. The number of benzene rings is 1. The number of hydrogen-bond acceptors (Lipinski definition) is 4. The van der Waals surface area contributed by atoms with Crippen molar-refractivity contribution in [2.45, 2.75) is 49.0 Å². The molecule has 0 radical (unpaired) electrons. The quantitative estimate of drug-likeness (QED) is 0.925. The third-order valence-corrected chi connectivity index (χ3v) is 4.44. The smallest absolute Gasteiger partial charge is 0.411 e. The number of ether oxygens (including phenoxy) is 1. The Balaban J connectivity index is 2.06. The van der Waals surface area contributed by atoms with Gasteiger partial charge in [-0.2, -0.15) is 0 Å². The standard InChI is InChI=1S/C16H21NO4S/c1-16(2,3)21-15(20)17-10-12(9-13(17)14(18)19)22-11-7-5-4-6-8-11/h4-8,12-13H,9-10H2,1-3H3,(H,18,19)/t12-,13?/m0/s1. The summed E-state index contributed by atoms with van der Waals surface area (Å²) >= 11 is 1.60. The first-order valence-corrected chi connectivity index (χ1v) is 8.08. The van der Waals surface area contributed by atoms with Gasteiger partial charge in [0.15, 0.2) is 0 Å². The topological polar surface area (TPSA) is 66.8 Å². The van der Waals surface area contributed by atoms with Crippen molar-refractivity contribution in [3.05, 3.63) is 30.3 Å². The second-order valence-electron chi connectivity index (χ2n) is 6.28. The molecule has 22 heavy (non-hydrogen) atoms. The number of thioether (sulfide) groups is 1. The molecule has 2 atom stereocenters. The number of carbonyl (C=O) groups is 2. The third kappa shape index (κ3) is 4.40. The number of likely N-dealkylation sites (tertiary alicyclic amines) is 1. The van der Waals surface area contributed by atoms with Crippen molar-refractivity contribution in [1.29, 1.82) is 0 Å². The zero-order chi connectivity index (χ0) is 16.3. The molecule has 1 aromatic carbocycles. The van der Waals surface area contributed by atoms with Crippen LogP contribution in [0.15, 0.2) is 35.2 Å². The van der Waals surface area contributed by atoms with Crippen LogP contribution in [0.4, 0.5) is 4.79 Å². The van der Waals surface area contributed by atoms with Crippen LogP contribution in [-0.2, 0) is 9.53 Å². The van der Waals surface area contributed by atoms with E-state index >= 15 is 0 Å². The summed E-state index contributed by atoms with van der Waals surface area (Å²) in [7, 11) is 0. The van der Waals surface area contributed by atoms with E-state index in [4.69, 9.17) is 4.74 Å². The molecule has 0 aliphatic carbocycles. The Hall–Kier alpha value is -1.69. The second-order valence-corrected chi connectivity index (χ2v) is 7.65. The minimum absolute atomic E-state index is 0.0519. The molecule has 1 N–H and O–H groups in total. The van der Waals surface area contributed by atoms with Crippen molar-refractivity contribution in [2.75, 3.05) is 6.54 Å². The van der Waals surface area contributed by atoms with E-state index in [9.17, 15) is 14.7 Å². The highest BCUT2D eigenvalue weighted by atomic mass is 32.2. The molecule has 0 spiro atoms. The molecule has 0 bridgehead atoms. The molecule has 1 aliphatic rings. The van der Waals surface area contributed by atoms with E-state index < -0.39 is 23.7 Å². The van der Waals surface area contributed by atoms with Gasteiger partial charge >= 0.3 is 12.1 Å². The summed E-state index contributed by atoms with van der Waals surface area (Å²) < 4.78 is 5.31. The van der Waals surface area contributed by atoms with Gasteiger partial charge in [0.25, 0.3) is 0 Å². The zero-order valence-corrected chi connectivity index (χ0v) is 13.8. The van der Waals surface area contributed by atoms with E-state index in [2.05, 4.69) is 0 Å². The van der Waals surface area contributed by atoms with E-state index in [0.717, 1.165) is 4.90 Å². The van der Waals surface area contributed by atoms with Crippen LogP contribution in [0.3, 0.4) is 0 Å². The predicted octanol–water partition coefficient (Wildman–Crippen LogP) is 3.24. The molecule has 1 amide bonds. The highest BCUT2D eigenvalue weighted by Gasteiger charge is 2.41. The average molecular weight is 323 g/mol. The molecule has 1 heterocycles. The van der Waals surface area contributed by atoms with Crippen molar-refractivity contribution in [1.82, 2.24) is 4.90 Å². The van der Waals surface area contributed by atoms with E-state index in [1.54, 1.807) is 32.5 Å². The lowest BCUT2D eigenvalue weighted by atomic mass is 10.2. The Bertz CT molecular complexity index is 541. The molecule has 1 fully saturated rings. The molecule has 1 unspecified atom stereocenters. The van der Waals surface area contributed by atoms with E-state index in [1.165, 1.54) is 4.90 Å². The zero-order valence-electron chi connectivity index (χ0n) is 13.0. The van der Waals surface area contributed by atoms with Crippen molar-refractivity contribution >= 4 is 23.8 Å². The monoisotopic (exact) mass is 323 g/mol. The summed E-state index contributed by atoms with van der Waals surface area (Å²) in [5, 5.41) is 9.41. The van der Waals surface area contributed by atoms with Gasteiger partial charge in [-0.05, 0) is 39.3 Å². The Morgan fingerprint density at radius 3 is 2.45 bits per heavy atom. The molecular formula is C16H21NO4S. The van der Waals surface area contributed by atoms with Crippen LogP contribution in [-0.4, -0.2) is 45.5 Å². The van der Waals surface area contributed by atoms with Gasteiger partial charge in [0, 0.05) is 16.7 Å². The molecular weight excluding hydrogens is 302 g/mol. The summed E-state index contributed by atoms with van der Waals surface area (Å²) in [5.74, 6) is -0.984. The highest BCUT2D eigenvalue weighted by molar-refractivity contribution is 8.00. The molecule has 120 valence electrons. The Kier molecular flexibility index (Phi) is 5.01. The second kappa shape index (κ2) is 6.60. The van der Waals surface area contributed by atoms with Crippen LogP contribution >= 0.6 is 11.8 Å². The molecule has 2 rings (SSSR count). The number of rotatable bonds is 3. The van der Waals surface area contributed by atoms with Gasteiger partial charge in [0.05, 0.1) is 0 Å². The van der Waals surface area contributed by atoms with Crippen LogP contribution in [0.5, 0.6) is 0 Å². The maximum Gasteiger partial charge on any atom is 0.411 e. The SMILES string of the molecule is CC(C)(C)OC(=O)N1C[C@@H](Sc2ccccc2)CC1C(=O)O. The fraction of sp³-hybridized carbons (Fsp3) is 0.500. The van der Waals surface area contributed by atoms with Crippen LogP contribution in [0, 0.1) is 0 Å². The molecule has 5 nitrogen and oxygen atoms in total. The van der Waals surface area contributed by atoms with Crippen molar-refractivity contribution < 1.29 is 19.4 Å². The van der Waals surface area contributed by atoms with Gasteiger partial charge in [-0.15, -0.1) is 11.8 Å². The Morgan fingerprint density at radius 1 is 1.27 bits per heavy atom. The van der Waals surface area contributed by atoms with Gasteiger partial charge in [-0.1, -0.05) is 18.2 Å². The predicted molar refractivity (Wildman–Crippen MR) is 85.1 cm³/mol. The lowest BCUT2D eigenvalue weighted by Crippen LogP contribution is -2.43. The van der Waals surface area contributed by atoms with Gasteiger partial charge in [0.1, 0.15) is 11.6 Å². The maximum atomic E-state index is 12.2. The lowest BCUT2D eigenvalue weighted by Gasteiger charge is -2.26. The molecule has 6 heteroatoms. The number of carboxylic acids is 1. The minimum Gasteiger partial charge on any atom is -0.480 e. The van der Waals surface area contributed by atoms with Crippen molar-refractivity contribution in [2.24, 2.45) is 0 Å². The van der Waals surface area contributed by atoms with Gasteiger partial charge in [-0.3, -0.25) is 4.90 Å². The highest BCUT2D eigenvalue weighted by Crippen LogP contribution is 2.33. The van der Waals surface area contributed by atoms with Crippen LogP contribution in [0.2, 0.25) is 0 Å². The normalized spacial score (nSPS) is 21.7. The first-order valence-electron chi connectivity index (χ1n) is 7.20. The van der Waals surface area contributed by atoms with Crippen molar-refractivity contribution in [3.63, 3.8) is 0 Å². The molecule has 0 aromatic heterocycles. The Labute approximate surface area is 134 Å². The van der Waals surface area contributed by atoms with Crippen LogP contribution < -0.4 is 0 Å².